The van der Waals surface area contributed by atoms with E-state index in [1.807, 2.05) is 32.0 Å². The van der Waals surface area contributed by atoms with E-state index in [2.05, 4.69) is 21.2 Å². The Bertz CT molecular complexity index is 736. The molecule has 2 aromatic carbocycles. The molecule has 0 bridgehead atoms. The zero-order valence-electron chi connectivity index (χ0n) is 13.7. The van der Waals surface area contributed by atoms with Gasteiger partial charge in [-0.05, 0) is 54.0 Å². The van der Waals surface area contributed by atoms with E-state index >= 15 is 0 Å². The Kier molecular flexibility index (Phi) is 6.52. The number of hydrogen-bond donors (Lipinski definition) is 1. The van der Waals surface area contributed by atoms with Crippen LogP contribution in [0.3, 0.4) is 0 Å². The predicted octanol–water partition coefficient (Wildman–Crippen LogP) is 4.68. The zero-order chi connectivity index (χ0) is 17.7. The molecule has 2 aromatic rings. The van der Waals surface area contributed by atoms with Crippen LogP contribution in [0.5, 0.6) is 11.5 Å². The lowest BCUT2D eigenvalue weighted by Gasteiger charge is -2.18. The third-order valence-electron chi connectivity index (χ3n) is 3.48. The fraction of sp³-hybridized carbons (Fsp3) is 0.278. The number of amides is 1. The average molecular weight is 413 g/mol. The summed E-state index contributed by atoms with van der Waals surface area (Å²) in [5.74, 6) is 1.10. The van der Waals surface area contributed by atoms with Gasteiger partial charge < -0.3 is 14.8 Å². The Balaban J connectivity index is 1.98. The first-order valence-corrected chi connectivity index (χ1v) is 8.59. The molecule has 0 radical (unpaired) electrons. The third-order valence-corrected chi connectivity index (χ3v) is 4.34. The van der Waals surface area contributed by atoms with Crippen molar-refractivity contribution in [2.45, 2.75) is 19.9 Å². The first-order chi connectivity index (χ1) is 11.4. The largest absolute Gasteiger partial charge is 0.496 e. The van der Waals surface area contributed by atoms with Crippen LogP contribution in [0.1, 0.15) is 24.1 Å². The van der Waals surface area contributed by atoms with Crippen molar-refractivity contribution in [1.82, 2.24) is 5.32 Å². The van der Waals surface area contributed by atoms with E-state index in [1.165, 1.54) is 0 Å². The zero-order valence-corrected chi connectivity index (χ0v) is 16.1. The summed E-state index contributed by atoms with van der Waals surface area (Å²) in [6, 6.07) is 10.8. The molecular formula is C18H19BrClNO3. The summed E-state index contributed by atoms with van der Waals surface area (Å²) in [7, 11) is 1.61. The molecule has 1 amide bonds. The summed E-state index contributed by atoms with van der Waals surface area (Å²) in [5.41, 5.74) is 2.03. The van der Waals surface area contributed by atoms with Crippen LogP contribution in [0.15, 0.2) is 40.9 Å². The topological polar surface area (TPSA) is 47.6 Å². The van der Waals surface area contributed by atoms with Crippen molar-refractivity contribution in [2.24, 2.45) is 0 Å². The Morgan fingerprint density at radius 2 is 1.96 bits per heavy atom. The van der Waals surface area contributed by atoms with Crippen molar-refractivity contribution in [3.05, 3.63) is 57.0 Å². The van der Waals surface area contributed by atoms with Gasteiger partial charge in [0.1, 0.15) is 11.5 Å². The van der Waals surface area contributed by atoms with Crippen LogP contribution < -0.4 is 14.8 Å². The molecule has 6 heteroatoms. The van der Waals surface area contributed by atoms with Crippen LogP contribution in [-0.4, -0.2) is 19.6 Å². The number of rotatable bonds is 6. The predicted molar refractivity (Wildman–Crippen MR) is 98.9 cm³/mol. The normalized spacial score (nSPS) is 11.7. The van der Waals surface area contributed by atoms with Crippen LogP contribution >= 0.6 is 27.5 Å². The molecule has 0 aliphatic carbocycles. The monoisotopic (exact) mass is 411 g/mol. The summed E-state index contributed by atoms with van der Waals surface area (Å²) < 4.78 is 11.6. The van der Waals surface area contributed by atoms with Crippen LogP contribution in [0.4, 0.5) is 0 Å². The van der Waals surface area contributed by atoms with Gasteiger partial charge in [0.25, 0.3) is 5.91 Å². The average Bonchev–Trinajstić information content (AvgIpc) is 2.54. The lowest BCUT2D eigenvalue weighted by Crippen LogP contribution is -2.31. The molecule has 1 unspecified atom stereocenters. The highest BCUT2D eigenvalue weighted by molar-refractivity contribution is 9.10. The smallest absolute Gasteiger partial charge is 0.258 e. The summed E-state index contributed by atoms with van der Waals surface area (Å²) in [6.07, 6.45) is 0. The molecule has 128 valence electrons. The van der Waals surface area contributed by atoms with Gasteiger partial charge in [-0.3, -0.25) is 4.79 Å². The summed E-state index contributed by atoms with van der Waals surface area (Å²) in [4.78, 5) is 12.1. The van der Waals surface area contributed by atoms with Gasteiger partial charge in [0.15, 0.2) is 6.61 Å². The molecule has 1 N–H and O–H groups in total. The minimum atomic E-state index is -0.215. The second kappa shape index (κ2) is 8.40. The van der Waals surface area contributed by atoms with Gasteiger partial charge in [0.2, 0.25) is 0 Å². The number of nitrogens with one attached hydrogen (secondary N) is 1. The maximum Gasteiger partial charge on any atom is 0.258 e. The number of carbonyl (C=O) groups excluding carboxylic acids is 1. The van der Waals surface area contributed by atoms with Crippen molar-refractivity contribution >= 4 is 33.4 Å². The molecule has 24 heavy (non-hydrogen) atoms. The van der Waals surface area contributed by atoms with E-state index in [9.17, 15) is 4.79 Å². The van der Waals surface area contributed by atoms with E-state index in [-0.39, 0.29) is 18.6 Å². The second-order valence-corrected chi connectivity index (χ2v) is 6.69. The van der Waals surface area contributed by atoms with Crippen molar-refractivity contribution in [3.63, 3.8) is 0 Å². The number of halogens is 2. The molecule has 0 aliphatic heterocycles. The summed E-state index contributed by atoms with van der Waals surface area (Å²) in [6.45, 7) is 3.82. The lowest BCUT2D eigenvalue weighted by molar-refractivity contribution is -0.123. The molecule has 0 fully saturated rings. The SMILES string of the molecule is COc1ccc(C)cc1C(C)NC(=O)COc1ccc(Cl)cc1Br. The van der Waals surface area contributed by atoms with Crippen LogP contribution in [-0.2, 0) is 4.79 Å². The van der Waals surface area contributed by atoms with Gasteiger partial charge in [-0.2, -0.15) is 0 Å². The molecule has 1 atom stereocenters. The van der Waals surface area contributed by atoms with Gasteiger partial charge >= 0.3 is 0 Å². The standard InChI is InChI=1S/C18H19BrClNO3/c1-11-4-6-16(23-3)14(8-11)12(2)21-18(22)10-24-17-7-5-13(20)9-15(17)19/h4-9,12H,10H2,1-3H3,(H,21,22). The first kappa shape index (κ1) is 18.6. The fourth-order valence-electron chi connectivity index (χ4n) is 2.29. The molecule has 0 aromatic heterocycles. The number of hydrogen-bond acceptors (Lipinski definition) is 3. The number of aryl methyl sites for hydroxylation is 1. The number of carbonyl (C=O) groups is 1. The quantitative estimate of drug-likeness (QED) is 0.749. The molecule has 2 rings (SSSR count). The minimum Gasteiger partial charge on any atom is -0.496 e. The summed E-state index contributed by atoms with van der Waals surface area (Å²) in [5, 5.41) is 3.51. The number of ether oxygens (including phenoxy) is 2. The molecule has 0 saturated heterocycles. The Labute approximate surface area is 155 Å². The second-order valence-electron chi connectivity index (χ2n) is 5.40. The highest BCUT2D eigenvalue weighted by Crippen LogP contribution is 2.28. The fourth-order valence-corrected chi connectivity index (χ4v) is 3.09. The minimum absolute atomic E-state index is 0.0846. The molecule has 0 spiro atoms. The molecule has 0 saturated carbocycles. The van der Waals surface area contributed by atoms with Crippen LogP contribution in [0, 0.1) is 6.92 Å². The Morgan fingerprint density at radius 3 is 2.62 bits per heavy atom. The number of benzene rings is 2. The van der Waals surface area contributed by atoms with Crippen molar-refractivity contribution in [2.75, 3.05) is 13.7 Å². The molecule has 4 nitrogen and oxygen atoms in total. The Hall–Kier alpha value is -1.72. The van der Waals surface area contributed by atoms with E-state index < -0.39 is 0 Å². The van der Waals surface area contributed by atoms with Crippen molar-refractivity contribution in [3.8, 4) is 11.5 Å². The van der Waals surface area contributed by atoms with Gasteiger partial charge in [0, 0.05) is 10.6 Å². The maximum absolute atomic E-state index is 12.1. The van der Waals surface area contributed by atoms with E-state index in [4.69, 9.17) is 21.1 Å². The molecular weight excluding hydrogens is 394 g/mol. The highest BCUT2D eigenvalue weighted by Gasteiger charge is 2.15. The maximum atomic E-state index is 12.1. The van der Waals surface area contributed by atoms with Crippen molar-refractivity contribution < 1.29 is 14.3 Å². The van der Waals surface area contributed by atoms with Crippen LogP contribution in [0.25, 0.3) is 0 Å². The van der Waals surface area contributed by atoms with E-state index in [1.54, 1.807) is 25.3 Å². The van der Waals surface area contributed by atoms with Gasteiger partial charge in [-0.1, -0.05) is 29.3 Å². The van der Waals surface area contributed by atoms with Gasteiger partial charge in [-0.25, -0.2) is 0 Å². The van der Waals surface area contributed by atoms with Crippen LogP contribution in [0.2, 0.25) is 5.02 Å². The van der Waals surface area contributed by atoms with Gasteiger partial charge in [0.05, 0.1) is 17.6 Å². The van der Waals surface area contributed by atoms with Gasteiger partial charge in [-0.15, -0.1) is 0 Å². The molecule has 0 heterocycles. The highest BCUT2D eigenvalue weighted by atomic mass is 79.9. The van der Waals surface area contributed by atoms with E-state index in [0.29, 0.717) is 15.2 Å². The lowest BCUT2D eigenvalue weighted by atomic mass is 10.0. The molecule has 0 aliphatic rings. The first-order valence-electron chi connectivity index (χ1n) is 7.42. The van der Waals surface area contributed by atoms with E-state index in [0.717, 1.165) is 16.9 Å². The summed E-state index contributed by atoms with van der Waals surface area (Å²) >= 11 is 9.23. The third kappa shape index (κ3) is 4.89. The Morgan fingerprint density at radius 1 is 1.25 bits per heavy atom. The number of methoxy groups -OCH3 is 1. The van der Waals surface area contributed by atoms with Crippen molar-refractivity contribution in [1.29, 1.82) is 0 Å².